The first-order valence-electron chi connectivity index (χ1n) is 15.1. The molecule has 0 spiro atoms. The second kappa shape index (κ2) is 18.2. The molecule has 1 N–H and O–H groups in total. The van der Waals surface area contributed by atoms with Gasteiger partial charge in [-0.3, -0.25) is 9.59 Å². The van der Waals surface area contributed by atoms with E-state index in [0.29, 0.717) is 23.2 Å². The molecule has 2 aromatic rings. The summed E-state index contributed by atoms with van der Waals surface area (Å²) in [6, 6.07) is 10.6. The molecule has 9 heteroatoms. The van der Waals surface area contributed by atoms with Crippen molar-refractivity contribution in [3.63, 3.8) is 0 Å². The van der Waals surface area contributed by atoms with Crippen molar-refractivity contribution in [3.8, 4) is 0 Å². The van der Waals surface area contributed by atoms with Crippen LogP contribution in [0.3, 0.4) is 0 Å². The number of benzene rings is 2. The monoisotopic (exact) mass is 590 g/mol. The molecule has 0 aliphatic rings. The maximum atomic E-state index is 13.0. The average molecular weight is 591 g/mol. The van der Waals surface area contributed by atoms with Gasteiger partial charge in [0.2, 0.25) is 0 Å². The van der Waals surface area contributed by atoms with E-state index in [1.165, 1.54) is 68.4 Å². The normalized spacial score (nSPS) is 12.0. The maximum Gasteiger partial charge on any atom is 0.416 e. The van der Waals surface area contributed by atoms with Crippen molar-refractivity contribution in [2.75, 3.05) is 13.2 Å². The first-order chi connectivity index (χ1) is 20.1. The zero-order chi connectivity index (χ0) is 31.0. The maximum absolute atomic E-state index is 13.0. The standard InChI is InChI=1S/C33H45F3N2O4/c1-4-6-7-8-9-10-11-12-13-14-23-37-30(39)28-19-17-27(18-20-28)25(3)38(31(40)32(41)42-5-2)24-26-15-21-29(22-16-26)33(34,35)36/h15-22,25H,4-14,23-24H2,1-3H3,(H,37,39). The molecule has 0 aliphatic heterocycles. The van der Waals surface area contributed by atoms with E-state index in [0.717, 1.165) is 25.0 Å². The fourth-order valence-electron chi connectivity index (χ4n) is 4.70. The molecular weight excluding hydrogens is 545 g/mol. The minimum atomic E-state index is -4.48. The molecular formula is C33H45F3N2O4. The highest BCUT2D eigenvalue weighted by atomic mass is 19.4. The predicted molar refractivity (Wildman–Crippen MR) is 158 cm³/mol. The number of carbonyl (C=O) groups excluding carboxylic acids is 3. The Bertz CT molecular complexity index is 1100. The summed E-state index contributed by atoms with van der Waals surface area (Å²) >= 11 is 0. The van der Waals surface area contributed by atoms with Gasteiger partial charge in [-0.2, -0.15) is 13.2 Å². The summed E-state index contributed by atoms with van der Waals surface area (Å²) in [5, 5.41) is 2.95. The number of hydrogen-bond donors (Lipinski definition) is 1. The number of carbonyl (C=O) groups is 3. The number of esters is 1. The van der Waals surface area contributed by atoms with Crippen LogP contribution in [0, 0.1) is 0 Å². The lowest BCUT2D eigenvalue weighted by atomic mass is 10.0. The number of nitrogens with zero attached hydrogens (tertiary/aromatic N) is 1. The van der Waals surface area contributed by atoms with Crippen LogP contribution < -0.4 is 5.32 Å². The van der Waals surface area contributed by atoms with Gasteiger partial charge in [0, 0.05) is 18.7 Å². The van der Waals surface area contributed by atoms with E-state index < -0.39 is 29.7 Å². The molecule has 232 valence electrons. The molecule has 0 bridgehead atoms. The Morgan fingerprint density at radius 2 is 1.36 bits per heavy atom. The highest BCUT2D eigenvalue weighted by molar-refractivity contribution is 6.32. The molecule has 2 rings (SSSR count). The van der Waals surface area contributed by atoms with Crippen LogP contribution in [0.15, 0.2) is 48.5 Å². The molecule has 42 heavy (non-hydrogen) atoms. The van der Waals surface area contributed by atoms with Crippen LogP contribution in [-0.2, 0) is 27.0 Å². The van der Waals surface area contributed by atoms with Gasteiger partial charge in [-0.1, -0.05) is 89.0 Å². The van der Waals surface area contributed by atoms with E-state index in [-0.39, 0.29) is 19.1 Å². The third-order valence-electron chi connectivity index (χ3n) is 7.28. The number of rotatable bonds is 17. The largest absolute Gasteiger partial charge is 0.459 e. The molecule has 0 heterocycles. The number of halogens is 3. The fraction of sp³-hybridized carbons (Fsp3) is 0.545. The number of hydrogen-bond acceptors (Lipinski definition) is 4. The van der Waals surface area contributed by atoms with Crippen molar-refractivity contribution >= 4 is 17.8 Å². The Labute approximate surface area is 248 Å². The highest BCUT2D eigenvalue weighted by Crippen LogP contribution is 2.30. The summed E-state index contributed by atoms with van der Waals surface area (Å²) in [5.74, 6) is -2.13. The third-order valence-corrected chi connectivity index (χ3v) is 7.28. The van der Waals surface area contributed by atoms with Gasteiger partial charge in [-0.25, -0.2) is 4.79 Å². The van der Waals surface area contributed by atoms with Crippen molar-refractivity contribution in [1.82, 2.24) is 10.2 Å². The fourth-order valence-corrected chi connectivity index (χ4v) is 4.70. The van der Waals surface area contributed by atoms with Gasteiger partial charge in [0.15, 0.2) is 0 Å². The highest BCUT2D eigenvalue weighted by Gasteiger charge is 2.31. The van der Waals surface area contributed by atoms with Crippen LogP contribution >= 0.6 is 0 Å². The Hall–Kier alpha value is -3.36. The van der Waals surface area contributed by atoms with Crippen molar-refractivity contribution in [2.45, 2.75) is 104 Å². The van der Waals surface area contributed by atoms with Crippen LogP contribution in [0.2, 0.25) is 0 Å². The molecule has 0 radical (unpaired) electrons. The predicted octanol–water partition coefficient (Wildman–Crippen LogP) is 8.01. The summed E-state index contributed by atoms with van der Waals surface area (Å²) in [4.78, 5) is 39.1. The quantitative estimate of drug-likeness (QED) is 0.115. The number of alkyl halides is 3. The van der Waals surface area contributed by atoms with E-state index in [1.807, 2.05) is 0 Å². The first kappa shape index (κ1) is 34.8. The van der Waals surface area contributed by atoms with Crippen LogP contribution in [0.4, 0.5) is 13.2 Å². The lowest BCUT2D eigenvalue weighted by molar-refractivity contribution is -0.161. The summed E-state index contributed by atoms with van der Waals surface area (Å²) in [5.41, 5.74) is 0.759. The number of amides is 2. The van der Waals surface area contributed by atoms with E-state index in [1.54, 1.807) is 38.1 Å². The lowest BCUT2D eigenvalue weighted by Crippen LogP contribution is -2.39. The Morgan fingerprint density at radius 1 is 0.810 bits per heavy atom. The van der Waals surface area contributed by atoms with Gasteiger partial charge < -0.3 is 15.0 Å². The van der Waals surface area contributed by atoms with Gasteiger partial charge in [-0.05, 0) is 55.7 Å². The second-order valence-electron chi connectivity index (χ2n) is 10.6. The van der Waals surface area contributed by atoms with Crippen molar-refractivity contribution in [2.24, 2.45) is 0 Å². The van der Waals surface area contributed by atoms with Crippen LogP contribution in [0.5, 0.6) is 0 Å². The molecule has 0 saturated heterocycles. The topological polar surface area (TPSA) is 75.7 Å². The van der Waals surface area contributed by atoms with Crippen molar-refractivity contribution < 1.29 is 32.3 Å². The smallest absolute Gasteiger partial charge is 0.416 e. The van der Waals surface area contributed by atoms with Gasteiger partial charge in [0.1, 0.15) is 0 Å². The molecule has 1 atom stereocenters. The summed E-state index contributed by atoms with van der Waals surface area (Å²) < 4.78 is 43.8. The average Bonchev–Trinajstić information content (AvgIpc) is 2.98. The Kier molecular flexibility index (Phi) is 15.1. The van der Waals surface area contributed by atoms with Crippen LogP contribution in [-0.4, -0.2) is 35.8 Å². The summed E-state index contributed by atoms with van der Waals surface area (Å²) in [6.07, 6.45) is 7.73. The molecule has 1 unspecified atom stereocenters. The third kappa shape index (κ3) is 11.9. The Morgan fingerprint density at radius 3 is 1.88 bits per heavy atom. The Balaban J connectivity index is 1.93. The summed E-state index contributed by atoms with van der Waals surface area (Å²) in [7, 11) is 0. The van der Waals surface area contributed by atoms with Gasteiger partial charge in [0.05, 0.1) is 18.2 Å². The van der Waals surface area contributed by atoms with Gasteiger partial charge in [0.25, 0.3) is 5.91 Å². The van der Waals surface area contributed by atoms with E-state index >= 15 is 0 Å². The van der Waals surface area contributed by atoms with Crippen LogP contribution in [0.25, 0.3) is 0 Å². The zero-order valence-corrected chi connectivity index (χ0v) is 25.1. The van der Waals surface area contributed by atoms with E-state index in [2.05, 4.69) is 12.2 Å². The minimum absolute atomic E-state index is 0.00993. The molecule has 6 nitrogen and oxygen atoms in total. The first-order valence-corrected chi connectivity index (χ1v) is 15.1. The van der Waals surface area contributed by atoms with Crippen molar-refractivity contribution in [3.05, 3.63) is 70.8 Å². The molecule has 2 aromatic carbocycles. The second-order valence-corrected chi connectivity index (χ2v) is 10.6. The minimum Gasteiger partial charge on any atom is -0.459 e. The van der Waals surface area contributed by atoms with Gasteiger partial charge >= 0.3 is 18.1 Å². The summed E-state index contributed by atoms with van der Waals surface area (Å²) in [6.45, 7) is 6.02. The van der Waals surface area contributed by atoms with Crippen molar-refractivity contribution in [1.29, 1.82) is 0 Å². The lowest BCUT2D eigenvalue weighted by Gasteiger charge is -2.29. The zero-order valence-electron chi connectivity index (χ0n) is 25.1. The number of ether oxygens (including phenoxy) is 1. The van der Waals surface area contributed by atoms with E-state index in [9.17, 15) is 27.6 Å². The van der Waals surface area contributed by atoms with E-state index in [4.69, 9.17) is 4.74 Å². The number of nitrogens with one attached hydrogen (secondary N) is 1. The number of unbranched alkanes of at least 4 members (excludes halogenated alkanes) is 9. The molecule has 2 amide bonds. The molecule has 0 aliphatic carbocycles. The SMILES string of the molecule is CCCCCCCCCCCCNC(=O)c1ccc(C(C)N(Cc2ccc(C(F)(F)F)cc2)C(=O)C(=O)OCC)cc1. The molecule has 0 saturated carbocycles. The van der Waals surface area contributed by atoms with Gasteiger partial charge in [-0.15, -0.1) is 0 Å². The molecule has 0 fully saturated rings. The van der Waals surface area contributed by atoms with Crippen LogP contribution in [0.1, 0.15) is 118 Å². The molecule has 0 aromatic heterocycles.